The normalized spacial score (nSPS) is 24.5. The van der Waals surface area contributed by atoms with Crippen LogP contribution in [0.2, 0.25) is 0 Å². The van der Waals surface area contributed by atoms with Gasteiger partial charge in [-0.25, -0.2) is 8.42 Å². The molecular weight excluding hydrogens is 350 g/mol. The quantitative estimate of drug-likeness (QED) is 0.785. The van der Waals surface area contributed by atoms with E-state index in [9.17, 15) is 13.2 Å². The van der Waals surface area contributed by atoms with Gasteiger partial charge in [-0.2, -0.15) is 4.31 Å². The molecule has 1 aromatic carbocycles. The zero-order valence-electron chi connectivity index (χ0n) is 15.4. The lowest BCUT2D eigenvalue weighted by Crippen LogP contribution is -2.50. The van der Waals surface area contributed by atoms with Crippen LogP contribution in [-0.4, -0.2) is 50.9 Å². The minimum Gasteiger partial charge on any atom is -0.352 e. The molecule has 2 N–H and O–H groups in total. The Kier molecular flexibility index (Phi) is 6.32. The Hall–Kier alpha value is -1.44. The lowest BCUT2D eigenvalue weighted by atomic mass is 9.94. The Morgan fingerprint density at radius 3 is 2.58 bits per heavy atom. The molecule has 0 radical (unpaired) electrons. The maximum atomic E-state index is 12.5. The van der Waals surface area contributed by atoms with Crippen LogP contribution in [0.4, 0.5) is 0 Å². The highest BCUT2D eigenvalue weighted by molar-refractivity contribution is 7.89. The van der Waals surface area contributed by atoms with Crippen LogP contribution < -0.4 is 10.6 Å². The predicted molar refractivity (Wildman–Crippen MR) is 101 cm³/mol. The van der Waals surface area contributed by atoms with Crippen molar-refractivity contribution in [1.29, 1.82) is 0 Å². The first-order valence-electron chi connectivity index (χ1n) is 9.56. The fraction of sp³-hybridized carbons (Fsp3) is 0.632. The Morgan fingerprint density at radius 1 is 1.23 bits per heavy atom. The number of nitrogens with zero attached hydrogens (tertiary/aromatic N) is 1. The van der Waals surface area contributed by atoms with Crippen LogP contribution in [-0.2, 0) is 21.2 Å². The molecule has 6 nitrogen and oxygen atoms in total. The van der Waals surface area contributed by atoms with Gasteiger partial charge in [-0.3, -0.25) is 4.79 Å². The van der Waals surface area contributed by atoms with E-state index in [4.69, 9.17) is 0 Å². The number of benzene rings is 1. The van der Waals surface area contributed by atoms with Crippen molar-refractivity contribution in [2.45, 2.75) is 50.0 Å². The van der Waals surface area contributed by atoms with Crippen LogP contribution in [0.5, 0.6) is 0 Å². The number of amides is 1. The summed E-state index contributed by atoms with van der Waals surface area (Å²) in [7, 11) is -3.36. The second-order valence-corrected chi connectivity index (χ2v) is 9.34. The molecule has 2 aliphatic rings. The Balaban J connectivity index is 1.52. The van der Waals surface area contributed by atoms with Gasteiger partial charge in [-0.1, -0.05) is 19.1 Å². The summed E-state index contributed by atoms with van der Waals surface area (Å²) in [6.45, 7) is 5.24. The smallest absolute Gasteiger partial charge is 0.243 e. The van der Waals surface area contributed by atoms with Crippen LogP contribution in [0.1, 0.15) is 38.2 Å². The second kappa shape index (κ2) is 8.50. The first-order valence-corrected chi connectivity index (χ1v) is 11.0. The summed E-state index contributed by atoms with van der Waals surface area (Å²) >= 11 is 0. The number of aryl methyl sites for hydroxylation is 1. The average Bonchev–Trinajstić information content (AvgIpc) is 3.18. The molecule has 0 aromatic heterocycles. The van der Waals surface area contributed by atoms with Crippen molar-refractivity contribution in [3.05, 3.63) is 29.8 Å². The highest BCUT2D eigenvalue weighted by Gasteiger charge is 2.27. The number of hydrogen-bond donors (Lipinski definition) is 2. The van der Waals surface area contributed by atoms with Crippen LogP contribution in [0, 0.1) is 5.92 Å². The van der Waals surface area contributed by atoms with Crippen molar-refractivity contribution in [3.8, 4) is 0 Å². The minimum atomic E-state index is -3.36. The maximum Gasteiger partial charge on any atom is 0.243 e. The van der Waals surface area contributed by atoms with Crippen molar-refractivity contribution in [3.63, 3.8) is 0 Å². The highest BCUT2D eigenvalue weighted by Crippen LogP contribution is 2.21. The monoisotopic (exact) mass is 379 g/mol. The summed E-state index contributed by atoms with van der Waals surface area (Å²) in [6, 6.07) is 7.16. The van der Waals surface area contributed by atoms with Gasteiger partial charge in [-0.15, -0.1) is 0 Å². The summed E-state index contributed by atoms with van der Waals surface area (Å²) in [5.41, 5.74) is 0.982. The molecule has 0 aliphatic carbocycles. The molecule has 2 saturated heterocycles. The van der Waals surface area contributed by atoms with Crippen LogP contribution in [0.15, 0.2) is 29.2 Å². The van der Waals surface area contributed by atoms with Gasteiger partial charge >= 0.3 is 0 Å². The fourth-order valence-corrected chi connectivity index (χ4v) is 5.14. The Morgan fingerprint density at radius 2 is 1.92 bits per heavy atom. The summed E-state index contributed by atoms with van der Waals surface area (Å²) in [5.74, 6) is 0.551. The number of piperidine rings is 1. The fourth-order valence-electron chi connectivity index (χ4n) is 3.63. The number of carbonyl (C=O) groups excluding carboxylic acids is 1. The molecule has 0 saturated carbocycles. The lowest BCUT2D eigenvalue weighted by molar-refractivity contribution is -0.122. The van der Waals surface area contributed by atoms with E-state index < -0.39 is 10.0 Å². The van der Waals surface area contributed by atoms with Crippen molar-refractivity contribution in [1.82, 2.24) is 14.9 Å². The molecule has 2 unspecified atom stereocenters. The summed E-state index contributed by atoms with van der Waals surface area (Å²) in [5, 5.41) is 6.42. The van der Waals surface area contributed by atoms with E-state index in [2.05, 4.69) is 17.6 Å². The second-order valence-electron chi connectivity index (χ2n) is 7.40. The number of rotatable bonds is 6. The molecule has 3 rings (SSSR count). The van der Waals surface area contributed by atoms with E-state index in [1.165, 1.54) is 0 Å². The molecular formula is C19H29N3O3S. The van der Waals surface area contributed by atoms with E-state index in [0.717, 1.165) is 37.9 Å². The van der Waals surface area contributed by atoms with E-state index in [0.29, 0.717) is 36.7 Å². The zero-order chi connectivity index (χ0) is 18.6. The first kappa shape index (κ1) is 19.3. The molecule has 0 bridgehead atoms. The third-order valence-corrected chi connectivity index (χ3v) is 7.35. The minimum absolute atomic E-state index is 0.0549. The van der Waals surface area contributed by atoms with Gasteiger partial charge < -0.3 is 10.6 Å². The van der Waals surface area contributed by atoms with Gasteiger partial charge in [0.05, 0.1) is 4.90 Å². The average molecular weight is 380 g/mol. The molecule has 2 aliphatic heterocycles. The Bertz CT molecular complexity index is 712. The van der Waals surface area contributed by atoms with E-state index >= 15 is 0 Å². The molecule has 1 amide bonds. The largest absolute Gasteiger partial charge is 0.352 e. The van der Waals surface area contributed by atoms with Crippen molar-refractivity contribution in [2.75, 3.05) is 26.2 Å². The number of carbonyl (C=O) groups is 1. The topological polar surface area (TPSA) is 78.5 Å². The molecule has 2 fully saturated rings. The van der Waals surface area contributed by atoms with Crippen LogP contribution >= 0.6 is 0 Å². The highest BCUT2D eigenvalue weighted by atomic mass is 32.2. The van der Waals surface area contributed by atoms with Gasteiger partial charge in [0.15, 0.2) is 0 Å². The van der Waals surface area contributed by atoms with E-state index in [-0.39, 0.29) is 11.9 Å². The van der Waals surface area contributed by atoms with Crippen LogP contribution in [0.3, 0.4) is 0 Å². The molecule has 2 heterocycles. The zero-order valence-corrected chi connectivity index (χ0v) is 16.2. The molecule has 26 heavy (non-hydrogen) atoms. The van der Waals surface area contributed by atoms with E-state index in [1.54, 1.807) is 16.4 Å². The van der Waals surface area contributed by atoms with Gasteiger partial charge in [0.25, 0.3) is 0 Å². The number of sulfonamides is 1. The summed E-state index contributed by atoms with van der Waals surface area (Å²) in [4.78, 5) is 12.5. The van der Waals surface area contributed by atoms with Gasteiger partial charge in [0, 0.05) is 32.1 Å². The predicted octanol–water partition coefficient (Wildman–Crippen LogP) is 1.52. The first-order chi connectivity index (χ1) is 12.5. The van der Waals surface area contributed by atoms with Crippen molar-refractivity contribution < 1.29 is 13.2 Å². The van der Waals surface area contributed by atoms with Crippen LogP contribution in [0.25, 0.3) is 0 Å². The standard InChI is InChI=1S/C19H29N3O3S/c1-15-10-11-20-14-18(15)21-19(23)9-6-16-4-7-17(8-5-16)26(24,25)22-12-2-3-13-22/h4-5,7-8,15,18,20H,2-3,6,9-14H2,1H3,(H,21,23). The molecule has 7 heteroatoms. The van der Waals surface area contributed by atoms with Gasteiger partial charge in [0.2, 0.25) is 15.9 Å². The van der Waals surface area contributed by atoms with E-state index in [1.807, 2.05) is 12.1 Å². The SMILES string of the molecule is CC1CCNCC1NC(=O)CCc1ccc(S(=O)(=O)N2CCCC2)cc1. The molecule has 0 spiro atoms. The number of hydrogen-bond acceptors (Lipinski definition) is 4. The molecule has 144 valence electrons. The summed E-state index contributed by atoms with van der Waals surface area (Å²) < 4.78 is 26.6. The lowest BCUT2D eigenvalue weighted by Gasteiger charge is -2.30. The number of nitrogens with one attached hydrogen (secondary N) is 2. The molecule has 1 aromatic rings. The van der Waals surface area contributed by atoms with Gasteiger partial charge in [0.1, 0.15) is 0 Å². The molecule has 2 atom stereocenters. The maximum absolute atomic E-state index is 12.5. The van der Waals surface area contributed by atoms with Gasteiger partial charge in [-0.05, 0) is 55.8 Å². The third kappa shape index (κ3) is 4.64. The van der Waals surface area contributed by atoms with Crippen molar-refractivity contribution >= 4 is 15.9 Å². The van der Waals surface area contributed by atoms with Crippen molar-refractivity contribution in [2.24, 2.45) is 5.92 Å². The Labute approximate surface area is 156 Å². The summed E-state index contributed by atoms with van der Waals surface area (Å²) in [6.07, 6.45) is 3.98. The third-order valence-electron chi connectivity index (χ3n) is 5.44.